The maximum absolute atomic E-state index is 12.1. The van der Waals surface area contributed by atoms with Gasteiger partial charge in [-0.25, -0.2) is 4.79 Å². The molecule has 0 rings (SSSR count). The van der Waals surface area contributed by atoms with Crippen LogP contribution < -0.4 is 16.8 Å². The summed E-state index contributed by atoms with van der Waals surface area (Å²) in [5.74, 6) is -1.26. The number of carbonyl (C=O) groups is 3. The van der Waals surface area contributed by atoms with E-state index in [0.29, 0.717) is 32.1 Å². The van der Waals surface area contributed by atoms with Gasteiger partial charge >= 0.3 is 5.97 Å². The molecule has 7 heteroatoms. The lowest BCUT2D eigenvalue weighted by Gasteiger charge is -2.27. The Labute approximate surface area is 132 Å². The Morgan fingerprint density at radius 2 is 1.95 bits per heavy atom. The van der Waals surface area contributed by atoms with Crippen LogP contribution in [0.4, 0.5) is 0 Å². The zero-order chi connectivity index (χ0) is 17.0. The highest BCUT2D eigenvalue weighted by atomic mass is 16.5. The number of esters is 1. The fraction of sp³-hybridized carbons (Fsp3) is 0.800. The number of ether oxygens (including phenoxy) is 1. The van der Waals surface area contributed by atoms with Crippen molar-refractivity contribution in [2.75, 3.05) is 13.2 Å². The molecule has 0 aliphatic carbocycles. The van der Waals surface area contributed by atoms with E-state index in [1.54, 1.807) is 6.92 Å². The summed E-state index contributed by atoms with van der Waals surface area (Å²) < 4.78 is 5.07. The van der Waals surface area contributed by atoms with Crippen molar-refractivity contribution in [1.82, 2.24) is 5.32 Å². The van der Waals surface area contributed by atoms with Crippen LogP contribution in [0.15, 0.2) is 0 Å². The molecule has 0 spiro atoms. The smallest absolute Gasteiger partial charge is 0.339 e. The largest absolute Gasteiger partial charge is 0.464 e. The van der Waals surface area contributed by atoms with Crippen molar-refractivity contribution in [3.63, 3.8) is 0 Å². The molecule has 0 fully saturated rings. The SMILES string of the molecule is CCCCOC(=O)[C@@](C=O)(CC)NC(=O)[C@@H](N)CCCCN. The zero-order valence-corrected chi connectivity index (χ0v) is 13.6. The summed E-state index contributed by atoms with van der Waals surface area (Å²) in [6, 6.07) is -0.777. The minimum atomic E-state index is -1.66. The van der Waals surface area contributed by atoms with Gasteiger partial charge in [-0.15, -0.1) is 0 Å². The van der Waals surface area contributed by atoms with Gasteiger partial charge in [-0.1, -0.05) is 26.7 Å². The summed E-state index contributed by atoms with van der Waals surface area (Å²) in [6.07, 6.45) is 4.04. The van der Waals surface area contributed by atoms with Gasteiger partial charge in [0.15, 0.2) is 11.8 Å². The van der Waals surface area contributed by atoms with Crippen molar-refractivity contribution in [3.8, 4) is 0 Å². The molecule has 0 saturated heterocycles. The molecule has 0 aliphatic rings. The van der Waals surface area contributed by atoms with Crippen molar-refractivity contribution >= 4 is 18.2 Å². The molecule has 0 aromatic rings. The summed E-state index contributed by atoms with van der Waals surface area (Å²) in [5.41, 5.74) is 9.50. The van der Waals surface area contributed by atoms with Gasteiger partial charge in [0.25, 0.3) is 0 Å². The van der Waals surface area contributed by atoms with Crippen LogP contribution in [0, 0.1) is 0 Å². The van der Waals surface area contributed by atoms with Crippen molar-refractivity contribution < 1.29 is 19.1 Å². The van der Waals surface area contributed by atoms with Crippen molar-refractivity contribution in [3.05, 3.63) is 0 Å². The topological polar surface area (TPSA) is 125 Å². The standard InChI is InChI=1S/C15H29N3O4/c1-3-5-10-22-14(21)15(4-2,11-19)18-13(20)12(17)8-6-7-9-16/h11-12H,3-10,16-17H2,1-2H3,(H,18,20)/t12-,15-/m0/s1. The number of nitrogens with two attached hydrogens (primary N) is 2. The summed E-state index contributed by atoms with van der Waals surface area (Å²) in [5, 5.41) is 2.45. The quantitative estimate of drug-likeness (QED) is 0.205. The molecule has 0 unspecified atom stereocenters. The average Bonchev–Trinajstić information content (AvgIpc) is 2.52. The van der Waals surface area contributed by atoms with Crippen LogP contribution in [-0.4, -0.2) is 42.9 Å². The summed E-state index contributed by atoms with van der Waals surface area (Å²) in [6.45, 7) is 4.35. The Kier molecular flexibility index (Phi) is 10.4. The predicted octanol–water partition coefficient (Wildman–Crippen LogP) is 0.250. The van der Waals surface area contributed by atoms with Gasteiger partial charge in [0.2, 0.25) is 5.91 Å². The fourth-order valence-corrected chi connectivity index (χ4v) is 1.83. The highest BCUT2D eigenvalue weighted by Gasteiger charge is 2.40. The molecule has 7 nitrogen and oxygen atoms in total. The second-order valence-corrected chi connectivity index (χ2v) is 5.31. The minimum Gasteiger partial charge on any atom is -0.464 e. The molecule has 0 radical (unpaired) electrons. The molecule has 2 atom stereocenters. The van der Waals surface area contributed by atoms with E-state index in [4.69, 9.17) is 16.2 Å². The van der Waals surface area contributed by atoms with Crippen LogP contribution in [0.1, 0.15) is 52.4 Å². The van der Waals surface area contributed by atoms with E-state index >= 15 is 0 Å². The first-order valence-electron chi connectivity index (χ1n) is 7.88. The fourth-order valence-electron chi connectivity index (χ4n) is 1.83. The lowest BCUT2D eigenvalue weighted by molar-refractivity contribution is -0.155. The zero-order valence-electron chi connectivity index (χ0n) is 13.6. The van der Waals surface area contributed by atoms with Gasteiger partial charge in [0.1, 0.15) is 0 Å². The highest BCUT2D eigenvalue weighted by Crippen LogP contribution is 2.12. The summed E-state index contributed by atoms with van der Waals surface area (Å²) in [4.78, 5) is 35.5. The normalized spacial score (nSPS) is 14.7. The van der Waals surface area contributed by atoms with E-state index in [9.17, 15) is 14.4 Å². The van der Waals surface area contributed by atoms with Gasteiger partial charge in [-0.2, -0.15) is 0 Å². The van der Waals surface area contributed by atoms with Crippen LogP contribution >= 0.6 is 0 Å². The van der Waals surface area contributed by atoms with E-state index in [1.807, 2.05) is 6.92 Å². The Morgan fingerprint density at radius 1 is 1.27 bits per heavy atom. The van der Waals surface area contributed by atoms with E-state index in [1.165, 1.54) is 0 Å². The van der Waals surface area contributed by atoms with Crippen LogP contribution in [0.3, 0.4) is 0 Å². The number of aldehydes is 1. The first-order chi connectivity index (χ1) is 10.5. The summed E-state index contributed by atoms with van der Waals surface area (Å²) in [7, 11) is 0. The van der Waals surface area contributed by atoms with Gasteiger partial charge in [0, 0.05) is 0 Å². The molecule has 1 amide bonds. The molecule has 0 aromatic carbocycles. The maximum atomic E-state index is 12.1. The predicted molar refractivity (Wildman–Crippen MR) is 84.0 cm³/mol. The Bertz CT molecular complexity index is 363. The van der Waals surface area contributed by atoms with Gasteiger partial charge in [-0.05, 0) is 32.2 Å². The molecule has 0 bridgehead atoms. The monoisotopic (exact) mass is 315 g/mol. The lowest BCUT2D eigenvalue weighted by atomic mass is 9.97. The second kappa shape index (κ2) is 11.1. The van der Waals surface area contributed by atoms with Crippen molar-refractivity contribution in [2.45, 2.75) is 64.0 Å². The lowest BCUT2D eigenvalue weighted by Crippen LogP contribution is -2.59. The molecule has 128 valence electrons. The van der Waals surface area contributed by atoms with E-state index in [0.717, 1.165) is 12.8 Å². The highest BCUT2D eigenvalue weighted by molar-refractivity contribution is 6.02. The first-order valence-corrected chi connectivity index (χ1v) is 7.88. The van der Waals surface area contributed by atoms with Gasteiger partial charge in [0.05, 0.1) is 12.6 Å². The van der Waals surface area contributed by atoms with Crippen molar-refractivity contribution in [2.24, 2.45) is 11.5 Å². The molecule has 0 aromatic heterocycles. The third-order valence-electron chi connectivity index (χ3n) is 3.51. The summed E-state index contributed by atoms with van der Waals surface area (Å²) >= 11 is 0. The molecule has 0 aliphatic heterocycles. The molecule has 0 saturated carbocycles. The number of carbonyl (C=O) groups excluding carboxylic acids is 3. The van der Waals surface area contributed by atoms with Gasteiger partial charge < -0.3 is 26.3 Å². The Morgan fingerprint density at radius 3 is 2.45 bits per heavy atom. The van der Waals surface area contributed by atoms with Crippen molar-refractivity contribution in [1.29, 1.82) is 0 Å². The number of unbranched alkanes of at least 4 members (excludes halogenated alkanes) is 2. The molecular weight excluding hydrogens is 286 g/mol. The van der Waals surface area contributed by atoms with Crippen LogP contribution in [0.25, 0.3) is 0 Å². The molecular formula is C15H29N3O4. The molecule has 22 heavy (non-hydrogen) atoms. The minimum absolute atomic E-state index is 0.114. The van der Waals surface area contributed by atoms with Gasteiger partial charge in [-0.3, -0.25) is 4.79 Å². The number of rotatable bonds is 12. The maximum Gasteiger partial charge on any atom is 0.339 e. The van der Waals surface area contributed by atoms with Crippen LogP contribution in [0.5, 0.6) is 0 Å². The first kappa shape index (κ1) is 20.5. The second-order valence-electron chi connectivity index (χ2n) is 5.31. The van der Waals surface area contributed by atoms with E-state index in [2.05, 4.69) is 5.32 Å². The number of hydrogen-bond donors (Lipinski definition) is 3. The molecule has 5 N–H and O–H groups in total. The van der Waals surface area contributed by atoms with Crippen LogP contribution in [-0.2, 0) is 19.1 Å². The number of amides is 1. The number of hydrogen-bond acceptors (Lipinski definition) is 6. The van der Waals surface area contributed by atoms with Crippen LogP contribution in [0.2, 0.25) is 0 Å². The Balaban J connectivity index is 4.69. The molecule has 0 heterocycles. The number of nitrogens with one attached hydrogen (secondary N) is 1. The average molecular weight is 315 g/mol. The third-order valence-corrected chi connectivity index (χ3v) is 3.51. The third kappa shape index (κ3) is 6.53. The Hall–Kier alpha value is -1.47. The van der Waals surface area contributed by atoms with E-state index in [-0.39, 0.29) is 13.0 Å². The van der Waals surface area contributed by atoms with E-state index < -0.39 is 23.5 Å².